The summed E-state index contributed by atoms with van der Waals surface area (Å²) in [6.45, 7) is 7.00. The highest BCUT2D eigenvalue weighted by atomic mass is 35.5. The lowest BCUT2D eigenvalue weighted by atomic mass is 10.1. The molecule has 0 spiro atoms. The zero-order valence-electron chi connectivity index (χ0n) is 10.4. The first-order valence-corrected chi connectivity index (χ1v) is 6.22. The highest BCUT2D eigenvalue weighted by molar-refractivity contribution is 6.20. The second-order valence-electron chi connectivity index (χ2n) is 4.52. The van der Waals surface area contributed by atoms with Crippen LogP contribution >= 0.6 is 11.6 Å². The Labute approximate surface area is 107 Å². The Morgan fingerprint density at radius 1 is 1.35 bits per heavy atom. The number of nitrogens with zero attached hydrogens (tertiary/aromatic N) is 2. The van der Waals surface area contributed by atoms with E-state index in [2.05, 4.69) is 37.1 Å². The summed E-state index contributed by atoms with van der Waals surface area (Å²) in [6, 6.07) is 6.49. The van der Waals surface area contributed by atoms with Crippen LogP contribution in [0.15, 0.2) is 30.6 Å². The molecule has 1 aromatic carbocycles. The number of hydrogen-bond donors (Lipinski definition) is 0. The molecule has 0 radical (unpaired) electrons. The van der Waals surface area contributed by atoms with E-state index in [1.54, 1.807) is 0 Å². The van der Waals surface area contributed by atoms with Crippen LogP contribution in [-0.4, -0.2) is 9.78 Å². The van der Waals surface area contributed by atoms with E-state index in [-0.39, 0.29) is 5.38 Å². The van der Waals surface area contributed by atoms with Crippen molar-refractivity contribution in [2.45, 2.75) is 32.7 Å². The van der Waals surface area contributed by atoms with Crippen molar-refractivity contribution in [1.29, 1.82) is 0 Å². The third-order valence-electron chi connectivity index (χ3n) is 2.95. The molecule has 0 aliphatic heterocycles. The Hall–Kier alpha value is -1.28. The molecule has 0 aliphatic carbocycles. The van der Waals surface area contributed by atoms with Crippen LogP contribution in [0.2, 0.25) is 0 Å². The second kappa shape index (κ2) is 4.92. The van der Waals surface area contributed by atoms with Crippen molar-refractivity contribution in [2.24, 2.45) is 0 Å². The van der Waals surface area contributed by atoms with Gasteiger partial charge in [-0.15, -0.1) is 11.6 Å². The molecule has 0 aliphatic rings. The second-order valence-corrected chi connectivity index (χ2v) is 5.17. The molecule has 0 N–H and O–H groups in total. The zero-order chi connectivity index (χ0) is 12.4. The molecular formula is C14H17ClN2. The van der Waals surface area contributed by atoms with Crippen molar-refractivity contribution < 1.29 is 0 Å². The number of hydrogen-bond acceptors (Lipinski definition) is 1. The van der Waals surface area contributed by atoms with Gasteiger partial charge in [-0.2, -0.15) is 5.10 Å². The van der Waals surface area contributed by atoms with E-state index in [4.69, 9.17) is 11.6 Å². The number of alkyl halides is 1. The van der Waals surface area contributed by atoms with E-state index >= 15 is 0 Å². The average molecular weight is 249 g/mol. The number of benzene rings is 1. The summed E-state index contributed by atoms with van der Waals surface area (Å²) >= 11 is 6.02. The van der Waals surface area contributed by atoms with Gasteiger partial charge in [-0.25, -0.2) is 0 Å². The summed E-state index contributed by atoms with van der Waals surface area (Å²) in [4.78, 5) is 0. The van der Waals surface area contributed by atoms with E-state index in [1.165, 1.54) is 16.7 Å². The van der Waals surface area contributed by atoms with Crippen LogP contribution in [0.25, 0.3) is 0 Å². The maximum atomic E-state index is 6.02. The lowest BCUT2D eigenvalue weighted by Crippen LogP contribution is -2.02. The van der Waals surface area contributed by atoms with Crippen LogP contribution in [0, 0.1) is 13.8 Å². The summed E-state index contributed by atoms with van der Waals surface area (Å²) in [5.41, 5.74) is 4.95. The fourth-order valence-electron chi connectivity index (χ4n) is 1.82. The minimum absolute atomic E-state index is 0.0161. The summed E-state index contributed by atoms with van der Waals surface area (Å²) in [5.74, 6) is 0. The molecule has 0 fully saturated rings. The van der Waals surface area contributed by atoms with Gasteiger partial charge in [-0.1, -0.05) is 23.8 Å². The molecule has 1 aromatic heterocycles. The highest BCUT2D eigenvalue weighted by Crippen LogP contribution is 2.19. The number of aromatic nitrogens is 2. The van der Waals surface area contributed by atoms with E-state index in [0.29, 0.717) is 0 Å². The Kier molecular flexibility index (Phi) is 3.53. The maximum Gasteiger partial charge on any atom is 0.0662 e. The molecule has 1 heterocycles. The first-order valence-electron chi connectivity index (χ1n) is 5.79. The molecule has 1 unspecified atom stereocenters. The monoisotopic (exact) mass is 248 g/mol. The molecule has 2 nitrogen and oxygen atoms in total. The lowest BCUT2D eigenvalue weighted by Gasteiger charge is -2.07. The third kappa shape index (κ3) is 2.89. The van der Waals surface area contributed by atoms with Crippen molar-refractivity contribution in [1.82, 2.24) is 9.78 Å². The van der Waals surface area contributed by atoms with Gasteiger partial charge in [0.15, 0.2) is 0 Å². The van der Waals surface area contributed by atoms with E-state index < -0.39 is 0 Å². The molecule has 0 saturated carbocycles. The normalized spacial score (nSPS) is 12.7. The number of halogens is 1. The van der Waals surface area contributed by atoms with Crippen molar-refractivity contribution in [2.75, 3.05) is 0 Å². The zero-order valence-corrected chi connectivity index (χ0v) is 11.2. The quantitative estimate of drug-likeness (QED) is 0.755. The van der Waals surface area contributed by atoms with Crippen molar-refractivity contribution in [3.63, 3.8) is 0 Å². The van der Waals surface area contributed by atoms with Gasteiger partial charge < -0.3 is 0 Å². The van der Waals surface area contributed by atoms with Crippen molar-refractivity contribution >= 4 is 11.6 Å². The Morgan fingerprint density at radius 2 is 2.12 bits per heavy atom. The van der Waals surface area contributed by atoms with E-state index in [0.717, 1.165) is 12.1 Å². The molecule has 0 amide bonds. The lowest BCUT2D eigenvalue weighted by molar-refractivity contribution is 0.683. The SMILES string of the molecule is Cc1ccc(C)c(Cn2cc(C(C)Cl)cn2)c1. The molecule has 3 heteroatoms. The molecule has 1 atom stereocenters. The fourth-order valence-corrected chi connectivity index (χ4v) is 1.93. The Balaban J connectivity index is 2.22. The largest absolute Gasteiger partial charge is 0.268 e. The van der Waals surface area contributed by atoms with Crippen molar-refractivity contribution in [3.8, 4) is 0 Å². The molecule has 2 rings (SSSR count). The minimum atomic E-state index is 0.0161. The number of rotatable bonds is 3. The molecule has 90 valence electrons. The maximum absolute atomic E-state index is 6.02. The van der Waals surface area contributed by atoms with Crippen LogP contribution in [0.4, 0.5) is 0 Å². The standard InChI is InChI=1S/C14H17ClN2/c1-10-4-5-11(2)13(6-10)8-17-9-14(7-16-17)12(3)15/h4-7,9,12H,8H2,1-3H3. The third-order valence-corrected chi connectivity index (χ3v) is 3.20. The molecule has 0 saturated heterocycles. The van der Waals surface area contributed by atoms with Gasteiger partial charge >= 0.3 is 0 Å². The topological polar surface area (TPSA) is 17.8 Å². The number of aryl methyl sites for hydroxylation is 2. The van der Waals surface area contributed by atoms with Crippen LogP contribution in [0.1, 0.15) is 34.6 Å². The molecule has 17 heavy (non-hydrogen) atoms. The Bertz CT molecular complexity index is 515. The van der Waals surface area contributed by atoms with E-state index in [1.807, 2.05) is 24.0 Å². The van der Waals surface area contributed by atoms with Gasteiger partial charge in [-0.3, -0.25) is 4.68 Å². The van der Waals surface area contributed by atoms with Gasteiger partial charge in [0.2, 0.25) is 0 Å². The fraction of sp³-hybridized carbons (Fsp3) is 0.357. The molecule has 2 aromatic rings. The molecule has 0 bridgehead atoms. The minimum Gasteiger partial charge on any atom is -0.268 e. The van der Waals surface area contributed by atoms with Crippen molar-refractivity contribution in [3.05, 3.63) is 52.8 Å². The Morgan fingerprint density at radius 3 is 2.76 bits per heavy atom. The summed E-state index contributed by atoms with van der Waals surface area (Å²) in [7, 11) is 0. The molecular weight excluding hydrogens is 232 g/mol. The highest BCUT2D eigenvalue weighted by Gasteiger charge is 2.06. The first kappa shape index (κ1) is 12.2. The van der Waals surface area contributed by atoms with Gasteiger partial charge in [-0.05, 0) is 31.9 Å². The van der Waals surface area contributed by atoms with Gasteiger partial charge in [0.1, 0.15) is 0 Å². The first-order chi connectivity index (χ1) is 8.06. The van der Waals surface area contributed by atoms with E-state index in [9.17, 15) is 0 Å². The van der Waals surface area contributed by atoms with Crippen LogP contribution in [0.3, 0.4) is 0 Å². The predicted molar refractivity (Wildman–Crippen MR) is 71.5 cm³/mol. The van der Waals surface area contributed by atoms with Gasteiger partial charge in [0.05, 0.1) is 18.1 Å². The summed E-state index contributed by atoms with van der Waals surface area (Å²) in [6.07, 6.45) is 3.85. The van der Waals surface area contributed by atoms with Crippen LogP contribution in [-0.2, 0) is 6.54 Å². The smallest absolute Gasteiger partial charge is 0.0662 e. The van der Waals surface area contributed by atoms with Gasteiger partial charge in [0.25, 0.3) is 0 Å². The average Bonchev–Trinajstić information content (AvgIpc) is 2.72. The predicted octanol–water partition coefficient (Wildman–Crippen LogP) is 3.85. The summed E-state index contributed by atoms with van der Waals surface area (Å²) in [5, 5.41) is 4.35. The van der Waals surface area contributed by atoms with Crippen LogP contribution < -0.4 is 0 Å². The van der Waals surface area contributed by atoms with Crippen LogP contribution in [0.5, 0.6) is 0 Å². The summed E-state index contributed by atoms with van der Waals surface area (Å²) < 4.78 is 1.94. The van der Waals surface area contributed by atoms with Gasteiger partial charge in [0, 0.05) is 11.8 Å².